The molecule has 2 heterocycles. The number of carbonyl (C=O) groups is 3. The van der Waals surface area contributed by atoms with Gasteiger partial charge in [0.15, 0.2) is 0 Å². The molecule has 1 fully saturated rings. The second-order valence-corrected chi connectivity index (χ2v) is 9.25. The highest BCUT2D eigenvalue weighted by molar-refractivity contribution is 6.39. The Morgan fingerprint density at radius 1 is 1.03 bits per heavy atom. The van der Waals surface area contributed by atoms with Crippen molar-refractivity contribution >= 4 is 40.9 Å². The molecule has 0 unspecified atom stereocenters. The van der Waals surface area contributed by atoms with Gasteiger partial charge in [-0.3, -0.25) is 14.9 Å². The van der Waals surface area contributed by atoms with E-state index >= 15 is 0 Å². The Bertz CT molecular complexity index is 1250. The van der Waals surface area contributed by atoms with Crippen molar-refractivity contribution in [2.24, 2.45) is 0 Å². The van der Waals surface area contributed by atoms with E-state index in [9.17, 15) is 14.4 Å². The largest absolute Gasteiger partial charge is 0.363 e. The number of aryl methyl sites for hydroxylation is 2. The van der Waals surface area contributed by atoms with Crippen LogP contribution in [0.1, 0.15) is 49.9 Å². The molecule has 170 valence electrons. The lowest BCUT2D eigenvalue weighted by atomic mass is 9.86. The topological polar surface area (TPSA) is 69.7 Å². The number of anilines is 2. The molecule has 1 saturated heterocycles. The van der Waals surface area contributed by atoms with Crippen LogP contribution in [0.4, 0.5) is 16.2 Å². The Hall–Kier alpha value is -3.67. The van der Waals surface area contributed by atoms with E-state index in [4.69, 9.17) is 0 Å². The number of imide groups is 2. The van der Waals surface area contributed by atoms with Gasteiger partial charge in [-0.15, -0.1) is 0 Å². The minimum atomic E-state index is -0.741. The standard InChI is InChI=1S/C27H29N3O3/c1-7-29-23-12-17(3)19(13-21(23)18(4)15-27(29,5)6)14-22-24(31)28-26(33)30(25(22)32)20-10-8-9-16(2)11-20/h8-15H,7H2,1-6H3,(H,28,31,33)/b22-14-. The first-order valence-corrected chi connectivity index (χ1v) is 11.1. The quantitative estimate of drug-likeness (QED) is 0.536. The Labute approximate surface area is 194 Å². The van der Waals surface area contributed by atoms with Gasteiger partial charge in [-0.2, -0.15) is 0 Å². The molecule has 0 radical (unpaired) electrons. The summed E-state index contributed by atoms with van der Waals surface area (Å²) in [4.78, 5) is 41.8. The molecule has 0 saturated carbocycles. The minimum absolute atomic E-state index is 0.0655. The number of allylic oxidation sites excluding steroid dienone is 1. The van der Waals surface area contributed by atoms with Gasteiger partial charge in [0, 0.05) is 17.8 Å². The summed E-state index contributed by atoms with van der Waals surface area (Å²) in [5.74, 6) is -1.32. The highest BCUT2D eigenvalue weighted by atomic mass is 16.2. The average Bonchev–Trinajstić information content (AvgIpc) is 2.71. The number of amides is 4. The fraction of sp³-hybridized carbons (Fsp3) is 0.296. The average molecular weight is 444 g/mol. The predicted molar refractivity (Wildman–Crippen MR) is 132 cm³/mol. The van der Waals surface area contributed by atoms with Crippen LogP contribution in [0.2, 0.25) is 0 Å². The molecule has 0 aliphatic carbocycles. The van der Waals surface area contributed by atoms with Crippen molar-refractivity contribution in [3.05, 3.63) is 70.3 Å². The molecule has 2 aromatic rings. The molecule has 1 N–H and O–H groups in total. The van der Waals surface area contributed by atoms with Crippen LogP contribution < -0.4 is 15.1 Å². The molecular formula is C27H29N3O3. The molecule has 4 rings (SSSR count). The molecule has 0 bridgehead atoms. The van der Waals surface area contributed by atoms with Crippen molar-refractivity contribution < 1.29 is 14.4 Å². The normalized spacial score (nSPS) is 18.9. The van der Waals surface area contributed by atoms with E-state index in [2.05, 4.69) is 50.1 Å². The lowest BCUT2D eigenvalue weighted by Crippen LogP contribution is -2.54. The molecule has 4 amide bonds. The Balaban J connectivity index is 1.80. The van der Waals surface area contributed by atoms with Gasteiger partial charge in [0.2, 0.25) is 0 Å². The SMILES string of the molecule is CCN1c2cc(C)c(/C=C3/C(=O)NC(=O)N(c4cccc(C)c4)C3=O)cc2C(C)=CC1(C)C. The summed E-state index contributed by atoms with van der Waals surface area (Å²) in [7, 11) is 0. The van der Waals surface area contributed by atoms with Crippen LogP contribution in [0.5, 0.6) is 0 Å². The molecule has 0 aromatic heterocycles. The zero-order chi connectivity index (χ0) is 24.1. The van der Waals surface area contributed by atoms with Crippen molar-refractivity contribution in [1.82, 2.24) is 5.32 Å². The van der Waals surface area contributed by atoms with Crippen molar-refractivity contribution in [2.75, 3.05) is 16.3 Å². The van der Waals surface area contributed by atoms with Gasteiger partial charge in [-0.1, -0.05) is 18.2 Å². The highest BCUT2D eigenvalue weighted by Crippen LogP contribution is 2.40. The van der Waals surface area contributed by atoms with Crippen LogP contribution in [0.25, 0.3) is 11.6 Å². The van der Waals surface area contributed by atoms with Gasteiger partial charge in [0.05, 0.1) is 11.2 Å². The molecule has 2 aromatic carbocycles. The van der Waals surface area contributed by atoms with Crippen molar-refractivity contribution in [1.29, 1.82) is 0 Å². The third-order valence-corrected chi connectivity index (χ3v) is 6.34. The smallest absolute Gasteiger partial charge is 0.335 e. The Morgan fingerprint density at radius 3 is 2.42 bits per heavy atom. The molecule has 6 heteroatoms. The van der Waals surface area contributed by atoms with E-state index in [0.717, 1.165) is 45.0 Å². The van der Waals surface area contributed by atoms with Gasteiger partial charge in [0.25, 0.3) is 11.8 Å². The molecular weight excluding hydrogens is 414 g/mol. The van der Waals surface area contributed by atoms with E-state index in [1.807, 2.05) is 26.0 Å². The number of hydrogen-bond donors (Lipinski definition) is 1. The first-order valence-electron chi connectivity index (χ1n) is 11.1. The maximum absolute atomic E-state index is 13.3. The molecule has 0 spiro atoms. The fourth-order valence-corrected chi connectivity index (χ4v) is 4.79. The van der Waals surface area contributed by atoms with Gasteiger partial charge < -0.3 is 4.90 Å². The fourth-order valence-electron chi connectivity index (χ4n) is 4.79. The van der Waals surface area contributed by atoms with Crippen molar-refractivity contribution in [3.8, 4) is 0 Å². The summed E-state index contributed by atoms with van der Waals surface area (Å²) in [5.41, 5.74) is 6.25. The van der Waals surface area contributed by atoms with E-state index < -0.39 is 17.8 Å². The van der Waals surface area contributed by atoms with Crippen LogP contribution in [-0.4, -0.2) is 29.9 Å². The van der Waals surface area contributed by atoms with Gasteiger partial charge >= 0.3 is 6.03 Å². The zero-order valence-corrected chi connectivity index (χ0v) is 19.9. The summed E-state index contributed by atoms with van der Waals surface area (Å²) in [5, 5.41) is 2.30. The number of nitrogens with one attached hydrogen (secondary N) is 1. The monoisotopic (exact) mass is 443 g/mol. The van der Waals surface area contributed by atoms with E-state index in [0.29, 0.717) is 5.69 Å². The van der Waals surface area contributed by atoms with Crippen LogP contribution in [0.3, 0.4) is 0 Å². The second-order valence-electron chi connectivity index (χ2n) is 9.25. The van der Waals surface area contributed by atoms with Crippen molar-refractivity contribution in [2.45, 2.75) is 47.1 Å². The first kappa shape index (κ1) is 22.5. The predicted octanol–water partition coefficient (Wildman–Crippen LogP) is 4.99. The van der Waals surface area contributed by atoms with Gasteiger partial charge in [-0.05, 0) is 94.1 Å². The van der Waals surface area contributed by atoms with Crippen LogP contribution in [0.15, 0.2) is 48.0 Å². The van der Waals surface area contributed by atoms with Gasteiger partial charge in [-0.25, -0.2) is 9.69 Å². The maximum Gasteiger partial charge on any atom is 0.335 e. The third kappa shape index (κ3) is 3.86. The maximum atomic E-state index is 13.3. The Kier molecular flexibility index (Phi) is 5.48. The molecule has 33 heavy (non-hydrogen) atoms. The number of urea groups is 1. The number of likely N-dealkylation sites (N-methyl/N-ethyl adjacent to an activating group) is 1. The number of barbiturate groups is 1. The first-order chi connectivity index (χ1) is 15.5. The number of carbonyl (C=O) groups excluding carboxylic acids is 3. The van der Waals surface area contributed by atoms with Crippen LogP contribution in [-0.2, 0) is 9.59 Å². The third-order valence-electron chi connectivity index (χ3n) is 6.34. The molecule has 2 aliphatic rings. The second kappa shape index (κ2) is 8.03. The van der Waals surface area contributed by atoms with Gasteiger partial charge in [0.1, 0.15) is 5.57 Å². The summed E-state index contributed by atoms with van der Waals surface area (Å²) in [6, 6.07) is 10.5. The molecule has 0 atom stereocenters. The number of hydrogen-bond acceptors (Lipinski definition) is 4. The number of rotatable bonds is 3. The van der Waals surface area contributed by atoms with Crippen LogP contribution in [0, 0.1) is 13.8 Å². The zero-order valence-electron chi connectivity index (χ0n) is 19.9. The van der Waals surface area contributed by atoms with Crippen molar-refractivity contribution in [3.63, 3.8) is 0 Å². The van der Waals surface area contributed by atoms with E-state index in [1.54, 1.807) is 24.3 Å². The van der Waals surface area contributed by atoms with Crippen LogP contribution >= 0.6 is 0 Å². The number of fused-ring (bicyclic) bond motifs is 1. The lowest BCUT2D eigenvalue weighted by molar-refractivity contribution is -0.122. The molecule has 6 nitrogen and oxygen atoms in total. The summed E-state index contributed by atoms with van der Waals surface area (Å²) >= 11 is 0. The summed E-state index contributed by atoms with van der Waals surface area (Å²) in [6.45, 7) is 13.3. The summed E-state index contributed by atoms with van der Waals surface area (Å²) in [6.07, 6.45) is 3.83. The minimum Gasteiger partial charge on any atom is -0.363 e. The Morgan fingerprint density at radius 2 is 1.76 bits per heavy atom. The highest BCUT2D eigenvalue weighted by Gasteiger charge is 2.37. The molecule has 2 aliphatic heterocycles. The number of nitrogens with zero attached hydrogens (tertiary/aromatic N) is 2. The summed E-state index contributed by atoms with van der Waals surface area (Å²) < 4.78 is 0. The van der Waals surface area contributed by atoms with E-state index in [1.165, 1.54) is 0 Å². The van der Waals surface area contributed by atoms with E-state index in [-0.39, 0.29) is 11.1 Å². The lowest BCUT2D eigenvalue weighted by Gasteiger charge is -2.43. The number of benzene rings is 2.